The van der Waals surface area contributed by atoms with E-state index in [1.54, 1.807) is 13.8 Å². The summed E-state index contributed by atoms with van der Waals surface area (Å²) >= 11 is 0. The molecule has 60 valence electrons. The molecular formula is C7H15NO2. The minimum absolute atomic E-state index is 0. The first-order chi connectivity index (χ1) is 4.57. The molecule has 0 fully saturated rings. The Morgan fingerprint density at radius 3 is 2.40 bits per heavy atom. The Balaban J connectivity index is 0. The van der Waals surface area contributed by atoms with E-state index in [0.717, 1.165) is 0 Å². The van der Waals surface area contributed by atoms with Crippen molar-refractivity contribution in [2.24, 2.45) is 0 Å². The van der Waals surface area contributed by atoms with Crippen molar-refractivity contribution in [2.45, 2.75) is 33.2 Å². The smallest absolute Gasteiger partial charge is 0.217 e. The van der Waals surface area contributed by atoms with E-state index in [0.29, 0.717) is 6.42 Å². The Kier molecular flexibility index (Phi) is 3.69. The van der Waals surface area contributed by atoms with E-state index in [1.165, 1.54) is 6.92 Å². The molecule has 1 amide bonds. The second-order valence-corrected chi connectivity index (χ2v) is 2.24. The van der Waals surface area contributed by atoms with Crippen LogP contribution in [0.2, 0.25) is 0 Å². The predicted molar refractivity (Wildman–Crippen MR) is 40.7 cm³/mol. The Labute approximate surface area is 62.3 Å². The first-order valence-electron chi connectivity index (χ1n) is 3.37. The van der Waals surface area contributed by atoms with Crippen LogP contribution in [0, 0.1) is 0 Å². The Morgan fingerprint density at radius 2 is 2.10 bits per heavy atom. The normalized spacial score (nSPS) is 12.3. The molecule has 0 aliphatic rings. The van der Waals surface area contributed by atoms with Crippen LogP contribution in [0.25, 0.3) is 0 Å². The molecule has 3 nitrogen and oxygen atoms in total. The average Bonchev–Trinajstić information content (AvgIpc) is 1.85. The molecule has 0 aromatic carbocycles. The fourth-order valence-corrected chi connectivity index (χ4v) is 0.692. The third-order valence-electron chi connectivity index (χ3n) is 1.25. The third-order valence-corrected chi connectivity index (χ3v) is 1.25. The van der Waals surface area contributed by atoms with E-state index in [1.807, 2.05) is 0 Å². The first kappa shape index (κ1) is 9.14. The van der Waals surface area contributed by atoms with Gasteiger partial charge in [-0.25, -0.2) is 0 Å². The summed E-state index contributed by atoms with van der Waals surface area (Å²) < 4.78 is 0. The Bertz CT molecular complexity index is 147. The van der Waals surface area contributed by atoms with Gasteiger partial charge in [0.15, 0.2) is 5.78 Å². The van der Waals surface area contributed by atoms with Gasteiger partial charge in [0.1, 0.15) is 0 Å². The van der Waals surface area contributed by atoms with Crippen molar-refractivity contribution in [1.29, 1.82) is 0 Å². The highest BCUT2D eigenvalue weighted by Crippen LogP contribution is 1.88. The number of amides is 1. The highest BCUT2D eigenvalue weighted by atomic mass is 16.2. The monoisotopic (exact) mass is 145 g/mol. The van der Waals surface area contributed by atoms with Gasteiger partial charge in [0.05, 0.1) is 6.04 Å². The van der Waals surface area contributed by atoms with Gasteiger partial charge in [0, 0.05) is 14.8 Å². The molecule has 0 aromatic rings. The number of Topliss-reactive ketones (excluding diaryl/α,β-unsaturated/α-hetero) is 1. The van der Waals surface area contributed by atoms with Crippen LogP contribution in [0.5, 0.6) is 0 Å². The lowest BCUT2D eigenvalue weighted by Crippen LogP contribution is -2.36. The largest absolute Gasteiger partial charge is 0.347 e. The van der Waals surface area contributed by atoms with Gasteiger partial charge in [0.25, 0.3) is 0 Å². The lowest BCUT2D eigenvalue weighted by Gasteiger charge is -2.08. The van der Waals surface area contributed by atoms with Gasteiger partial charge in [-0.1, -0.05) is 6.92 Å². The van der Waals surface area contributed by atoms with Crippen LogP contribution in [-0.4, -0.2) is 17.7 Å². The summed E-state index contributed by atoms with van der Waals surface area (Å²) in [5.41, 5.74) is 0. The summed E-state index contributed by atoms with van der Waals surface area (Å²) in [7, 11) is 0. The van der Waals surface area contributed by atoms with Gasteiger partial charge < -0.3 is 5.32 Å². The standard InChI is InChI=1S/C7H13NO2.H2/c1-4-7(10)5(2)8-6(3)9;/h5H,4H2,1-3H3,(H,8,9);1H. The lowest BCUT2D eigenvalue weighted by molar-refractivity contribution is -0.126. The Hall–Kier alpha value is -0.860. The molecule has 1 N–H and O–H groups in total. The van der Waals surface area contributed by atoms with Gasteiger partial charge in [-0.3, -0.25) is 9.59 Å². The molecule has 1 unspecified atom stereocenters. The summed E-state index contributed by atoms with van der Waals surface area (Å²) in [5, 5.41) is 2.50. The second-order valence-electron chi connectivity index (χ2n) is 2.24. The van der Waals surface area contributed by atoms with E-state index in [9.17, 15) is 9.59 Å². The number of carbonyl (C=O) groups excluding carboxylic acids is 2. The number of rotatable bonds is 3. The van der Waals surface area contributed by atoms with E-state index in [4.69, 9.17) is 0 Å². The molecule has 0 radical (unpaired) electrons. The molecule has 10 heavy (non-hydrogen) atoms. The van der Waals surface area contributed by atoms with Gasteiger partial charge in [-0.05, 0) is 6.92 Å². The van der Waals surface area contributed by atoms with Crippen molar-refractivity contribution in [3.05, 3.63) is 0 Å². The van der Waals surface area contributed by atoms with Crippen LogP contribution < -0.4 is 5.32 Å². The quantitative estimate of drug-likeness (QED) is 0.636. The van der Waals surface area contributed by atoms with E-state index < -0.39 is 0 Å². The van der Waals surface area contributed by atoms with Gasteiger partial charge >= 0.3 is 0 Å². The van der Waals surface area contributed by atoms with Crippen LogP contribution in [-0.2, 0) is 9.59 Å². The predicted octanol–water partition coefficient (Wildman–Crippen LogP) is 0.736. The average molecular weight is 145 g/mol. The fourth-order valence-electron chi connectivity index (χ4n) is 0.692. The van der Waals surface area contributed by atoms with Crippen LogP contribution in [0.4, 0.5) is 0 Å². The highest BCUT2D eigenvalue weighted by Gasteiger charge is 2.09. The fraction of sp³-hybridized carbons (Fsp3) is 0.714. The topological polar surface area (TPSA) is 46.2 Å². The zero-order valence-corrected chi connectivity index (χ0v) is 6.60. The molecule has 0 heterocycles. The van der Waals surface area contributed by atoms with Gasteiger partial charge in [-0.15, -0.1) is 0 Å². The van der Waals surface area contributed by atoms with Gasteiger partial charge in [0.2, 0.25) is 5.91 Å². The van der Waals surface area contributed by atoms with Crippen molar-refractivity contribution >= 4 is 11.7 Å². The van der Waals surface area contributed by atoms with Crippen molar-refractivity contribution in [2.75, 3.05) is 0 Å². The van der Waals surface area contributed by atoms with E-state index >= 15 is 0 Å². The maximum absolute atomic E-state index is 10.8. The number of ketones is 1. The SMILES string of the molecule is CCC(=O)C(C)NC(C)=O.[HH]. The summed E-state index contributed by atoms with van der Waals surface area (Å²) in [6.07, 6.45) is 0.474. The van der Waals surface area contributed by atoms with E-state index in [2.05, 4.69) is 5.32 Å². The molecule has 0 saturated carbocycles. The van der Waals surface area contributed by atoms with Crippen LogP contribution in [0.1, 0.15) is 28.6 Å². The molecular weight excluding hydrogens is 130 g/mol. The first-order valence-corrected chi connectivity index (χ1v) is 3.37. The van der Waals surface area contributed by atoms with Gasteiger partial charge in [-0.2, -0.15) is 0 Å². The van der Waals surface area contributed by atoms with Crippen molar-refractivity contribution < 1.29 is 11.0 Å². The molecule has 3 heteroatoms. The zero-order valence-electron chi connectivity index (χ0n) is 6.60. The summed E-state index contributed by atoms with van der Waals surface area (Å²) in [6, 6.07) is -0.331. The number of nitrogens with one attached hydrogen (secondary N) is 1. The number of hydrogen-bond acceptors (Lipinski definition) is 2. The molecule has 0 aliphatic carbocycles. The second kappa shape index (κ2) is 4.04. The van der Waals surface area contributed by atoms with Crippen LogP contribution in [0.3, 0.4) is 0 Å². The van der Waals surface area contributed by atoms with Crippen LogP contribution in [0.15, 0.2) is 0 Å². The maximum Gasteiger partial charge on any atom is 0.217 e. The molecule has 0 aliphatic heterocycles. The zero-order chi connectivity index (χ0) is 8.15. The maximum atomic E-state index is 10.8. The molecule has 0 bridgehead atoms. The minimum Gasteiger partial charge on any atom is -0.347 e. The molecule has 0 rings (SSSR count). The third kappa shape index (κ3) is 3.22. The molecule has 0 saturated heterocycles. The van der Waals surface area contributed by atoms with Crippen LogP contribution >= 0.6 is 0 Å². The lowest BCUT2D eigenvalue weighted by atomic mass is 10.2. The Morgan fingerprint density at radius 1 is 1.60 bits per heavy atom. The number of carbonyl (C=O) groups is 2. The minimum atomic E-state index is -0.331. The summed E-state index contributed by atoms with van der Waals surface area (Å²) in [6.45, 7) is 4.87. The summed E-state index contributed by atoms with van der Waals surface area (Å²) in [4.78, 5) is 21.2. The molecule has 0 spiro atoms. The summed E-state index contributed by atoms with van der Waals surface area (Å²) in [5.74, 6) is -0.0931. The van der Waals surface area contributed by atoms with E-state index in [-0.39, 0.29) is 19.2 Å². The van der Waals surface area contributed by atoms with Crippen molar-refractivity contribution in [3.8, 4) is 0 Å². The van der Waals surface area contributed by atoms with Crippen molar-refractivity contribution in [1.82, 2.24) is 5.32 Å². The number of hydrogen-bond donors (Lipinski definition) is 1. The van der Waals surface area contributed by atoms with Crippen molar-refractivity contribution in [3.63, 3.8) is 0 Å². The molecule has 1 atom stereocenters. The molecule has 0 aromatic heterocycles. The highest BCUT2D eigenvalue weighted by molar-refractivity contribution is 5.87.